The molecule has 140 valence electrons. The maximum absolute atomic E-state index is 12.3. The van der Waals surface area contributed by atoms with E-state index < -0.39 is 0 Å². The van der Waals surface area contributed by atoms with E-state index in [1.807, 2.05) is 29.8 Å². The Bertz CT molecular complexity index is 758. The molecule has 0 spiro atoms. The minimum Gasteiger partial charge on any atom is -0.388 e. The highest BCUT2D eigenvalue weighted by molar-refractivity contribution is 5.78. The van der Waals surface area contributed by atoms with E-state index >= 15 is 0 Å². The van der Waals surface area contributed by atoms with Crippen LogP contribution in [-0.4, -0.2) is 50.3 Å². The molecule has 0 aliphatic carbocycles. The number of aliphatic hydroxyl groups is 1. The van der Waals surface area contributed by atoms with Crippen molar-refractivity contribution in [2.75, 3.05) is 19.6 Å². The van der Waals surface area contributed by atoms with Crippen LogP contribution in [-0.2, 0) is 25.0 Å². The lowest BCUT2D eigenvalue weighted by Gasteiger charge is -2.31. The molecule has 1 aromatic heterocycles. The lowest BCUT2D eigenvalue weighted by Crippen LogP contribution is -2.42. The summed E-state index contributed by atoms with van der Waals surface area (Å²) in [4.78, 5) is 14.5. The molecule has 0 radical (unpaired) electrons. The van der Waals surface area contributed by atoms with Crippen LogP contribution in [0.1, 0.15) is 41.5 Å². The SMILES string of the molecule is Cc1ccccc1CNC(=O)CN1CCC[C@H](c2nnc(CO)n2C)C1. The van der Waals surface area contributed by atoms with E-state index in [0.717, 1.165) is 37.3 Å². The van der Waals surface area contributed by atoms with Crippen LogP contribution in [0.5, 0.6) is 0 Å². The van der Waals surface area contributed by atoms with E-state index in [1.54, 1.807) is 0 Å². The third-order valence-corrected chi connectivity index (χ3v) is 5.12. The van der Waals surface area contributed by atoms with E-state index in [9.17, 15) is 9.90 Å². The van der Waals surface area contributed by atoms with Gasteiger partial charge in [0.15, 0.2) is 5.82 Å². The molecule has 1 atom stereocenters. The first-order valence-electron chi connectivity index (χ1n) is 9.11. The van der Waals surface area contributed by atoms with Gasteiger partial charge in [-0.3, -0.25) is 9.69 Å². The predicted molar refractivity (Wildman–Crippen MR) is 98.4 cm³/mol. The van der Waals surface area contributed by atoms with Crippen molar-refractivity contribution in [1.82, 2.24) is 25.0 Å². The van der Waals surface area contributed by atoms with Crippen molar-refractivity contribution >= 4 is 5.91 Å². The van der Waals surface area contributed by atoms with Crippen molar-refractivity contribution in [2.45, 2.75) is 38.8 Å². The summed E-state index contributed by atoms with van der Waals surface area (Å²) >= 11 is 0. The standard InChI is InChI=1S/C19H27N5O2/c1-14-6-3-4-7-15(14)10-20-18(26)12-24-9-5-8-16(11-24)19-22-21-17(13-25)23(19)2/h3-4,6-7,16,25H,5,8-13H2,1-2H3,(H,20,26)/t16-/m0/s1. The molecule has 0 bridgehead atoms. The molecule has 0 unspecified atom stereocenters. The molecular formula is C19H27N5O2. The summed E-state index contributed by atoms with van der Waals surface area (Å²) in [5, 5.41) is 20.6. The molecule has 2 heterocycles. The fraction of sp³-hybridized carbons (Fsp3) is 0.526. The van der Waals surface area contributed by atoms with Gasteiger partial charge in [-0.15, -0.1) is 10.2 Å². The first-order valence-corrected chi connectivity index (χ1v) is 9.11. The van der Waals surface area contributed by atoms with Crippen LogP contribution < -0.4 is 5.32 Å². The molecule has 1 amide bonds. The van der Waals surface area contributed by atoms with Crippen molar-refractivity contribution in [1.29, 1.82) is 0 Å². The quantitative estimate of drug-likeness (QED) is 0.809. The Balaban J connectivity index is 1.54. The van der Waals surface area contributed by atoms with Gasteiger partial charge >= 0.3 is 0 Å². The zero-order chi connectivity index (χ0) is 18.5. The Morgan fingerprint density at radius 3 is 2.88 bits per heavy atom. The van der Waals surface area contributed by atoms with Crippen molar-refractivity contribution in [3.8, 4) is 0 Å². The van der Waals surface area contributed by atoms with Gasteiger partial charge in [0.2, 0.25) is 5.91 Å². The van der Waals surface area contributed by atoms with Gasteiger partial charge in [0.1, 0.15) is 12.4 Å². The molecule has 7 nitrogen and oxygen atoms in total. The number of carbonyl (C=O) groups is 1. The van der Waals surface area contributed by atoms with Crippen LogP contribution in [0.4, 0.5) is 0 Å². The van der Waals surface area contributed by atoms with Crippen LogP contribution >= 0.6 is 0 Å². The average Bonchev–Trinajstić information content (AvgIpc) is 3.02. The molecule has 3 rings (SSSR count). The van der Waals surface area contributed by atoms with E-state index in [1.165, 1.54) is 5.56 Å². The number of carbonyl (C=O) groups excluding carboxylic acids is 1. The summed E-state index contributed by atoms with van der Waals surface area (Å²) in [5.41, 5.74) is 2.33. The van der Waals surface area contributed by atoms with Crippen molar-refractivity contribution < 1.29 is 9.90 Å². The number of aromatic nitrogens is 3. The number of benzene rings is 1. The molecule has 1 aliphatic heterocycles. The first kappa shape index (κ1) is 18.5. The van der Waals surface area contributed by atoms with Crippen molar-refractivity contribution in [2.24, 2.45) is 7.05 Å². The summed E-state index contributed by atoms with van der Waals surface area (Å²) in [6.07, 6.45) is 2.05. The minimum absolute atomic E-state index is 0.0444. The van der Waals surface area contributed by atoms with Gasteiger partial charge in [0.05, 0.1) is 6.54 Å². The number of amides is 1. The number of likely N-dealkylation sites (tertiary alicyclic amines) is 1. The fourth-order valence-electron chi connectivity index (χ4n) is 3.54. The molecule has 1 saturated heterocycles. The Labute approximate surface area is 154 Å². The molecule has 1 aromatic carbocycles. The third kappa shape index (κ3) is 4.28. The van der Waals surface area contributed by atoms with Crippen LogP contribution in [0.3, 0.4) is 0 Å². The van der Waals surface area contributed by atoms with Gasteiger partial charge in [0, 0.05) is 26.1 Å². The Kier molecular flexibility index (Phi) is 6.00. The van der Waals surface area contributed by atoms with Crippen LogP contribution in [0.25, 0.3) is 0 Å². The monoisotopic (exact) mass is 357 g/mol. The van der Waals surface area contributed by atoms with Gasteiger partial charge in [-0.1, -0.05) is 24.3 Å². The number of piperidine rings is 1. The van der Waals surface area contributed by atoms with Gasteiger partial charge in [0.25, 0.3) is 0 Å². The Morgan fingerprint density at radius 2 is 2.15 bits per heavy atom. The number of rotatable bonds is 6. The van der Waals surface area contributed by atoms with E-state index in [0.29, 0.717) is 18.9 Å². The predicted octanol–water partition coefficient (Wildman–Crippen LogP) is 1.11. The number of hydrogen-bond donors (Lipinski definition) is 2. The van der Waals surface area contributed by atoms with Gasteiger partial charge in [-0.25, -0.2) is 0 Å². The molecule has 2 N–H and O–H groups in total. The summed E-state index contributed by atoms with van der Waals surface area (Å²) in [6, 6.07) is 8.09. The van der Waals surface area contributed by atoms with Gasteiger partial charge < -0.3 is 15.0 Å². The van der Waals surface area contributed by atoms with E-state index in [-0.39, 0.29) is 18.4 Å². The third-order valence-electron chi connectivity index (χ3n) is 5.12. The lowest BCUT2D eigenvalue weighted by atomic mass is 9.97. The van der Waals surface area contributed by atoms with E-state index in [2.05, 4.69) is 33.4 Å². The molecule has 7 heteroatoms. The second-order valence-corrected chi connectivity index (χ2v) is 6.97. The minimum atomic E-state index is -0.110. The van der Waals surface area contributed by atoms with Crippen LogP contribution in [0.2, 0.25) is 0 Å². The number of aliphatic hydroxyl groups excluding tert-OH is 1. The second kappa shape index (κ2) is 8.42. The smallest absolute Gasteiger partial charge is 0.234 e. The van der Waals surface area contributed by atoms with E-state index in [4.69, 9.17) is 0 Å². The first-order chi connectivity index (χ1) is 12.6. The zero-order valence-electron chi connectivity index (χ0n) is 15.5. The molecule has 0 saturated carbocycles. The normalized spacial score (nSPS) is 18.0. The maximum atomic E-state index is 12.3. The fourth-order valence-corrected chi connectivity index (χ4v) is 3.54. The highest BCUT2D eigenvalue weighted by Crippen LogP contribution is 2.25. The van der Waals surface area contributed by atoms with Gasteiger partial charge in [-0.05, 0) is 37.4 Å². The molecule has 26 heavy (non-hydrogen) atoms. The topological polar surface area (TPSA) is 83.3 Å². The summed E-state index contributed by atoms with van der Waals surface area (Å²) in [6.45, 7) is 4.60. The second-order valence-electron chi connectivity index (χ2n) is 6.97. The summed E-state index contributed by atoms with van der Waals surface area (Å²) in [7, 11) is 1.88. The summed E-state index contributed by atoms with van der Waals surface area (Å²) < 4.78 is 1.87. The Morgan fingerprint density at radius 1 is 1.35 bits per heavy atom. The van der Waals surface area contributed by atoms with Crippen LogP contribution in [0, 0.1) is 6.92 Å². The number of hydrogen-bond acceptors (Lipinski definition) is 5. The van der Waals surface area contributed by atoms with Gasteiger partial charge in [-0.2, -0.15) is 0 Å². The lowest BCUT2D eigenvalue weighted by molar-refractivity contribution is -0.122. The number of nitrogens with zero attached hydrogens (tertiary/aromatic N) is 4. The summed E-state index contributed by atoms with van der Waals surface area (Å²) in [5.74, 6) is 1.75. The molecule has 1 aliphatic rings. The van der Waals surface area contributed by atoms with Crippen LogP contribution in [0.15, 0.2) is 24.3 Å². The Hall–Kier alpha value is -2.25. The zero-order valence-corrected chi connectivity index (χ0v) is 15.5. The van der Waals surface area contributed by atoms with Crippen molar-refractivity contribution in [3.05, 3.63) is 47.0 Å². The highest BCUT2D eigenvalue weighted by atomic mass is 16.3. The highest BCUT2D eigenvalue weighted by Gasteiger charge is 2.26. The van der Waals surface area contributed by atoms with Crippen molar-refractivity contribution in [3.63, 3.8) is 0 Å². The molecule has 1 fully saturated rings. The maximum Gasteiger partial charge on any atom is 0.234 e. The number of aryl methyl sites for hydroxylation is 1. The average molecular weight is 357 g/mol. The number of nitrogens with one attached hydrogen (secondary N) is 1. The molecule has 2 aromatic rings. The largest absolute Gasteiger partial charge is 0.388 e. The molecular weight excluding hydrogens is 330 g/mol.